The Morgan fingerprint density at radius 3 is 2.06 bits per heavy atom. The second-order valence-corrected chi connectivity index (χ2v) is 3.86. The molecule has 2 nitrogen and oxygen atoms in total. The van der Waals surface area contributed by atoms with Crippen LogP contribution in [0.15, 0.2) is 0 Å². The maximum atomic E-state index is 12.7. The summed E-state index contributed by atoms with van der Waals surface area (Å²) < 4.78 is 61.5. The molecule has 1 aliphatic carbocycles. The van der Waals surface area contributed by atoms with E-state index in [4.69, 9.17) is 0 Å². The van der Waals surface area contributed by atoms with Crippen LogP contribution >= 0.6 is 0 Å². The van der Waals surface area contributed by atoms with Crippen molar-refractivity contribution in [3.05, 3.63) is 7.05 Å². The second kappa shape index (κ2) is 4.18. The Morgan fingerprint density at radius 1 is 1.25 bits per heavy atom. The predicted molar refractivity (Wildman–Crippen MR) is 45.5 cm³/mol. The lowest BCUT2D eigenvalue weighted by atomic mass is 9.91. The van der Waals surface area contributed by atoms with Crippen molar-refractivity contribution in [2.45, 2.75) is 43.8 Å². The zero-order valence-corrected chi connectivity index (χ0v) is 8.36. The lowest BCUT2D eigenvalue weighted by Gasteiger charge is -2.39. The standard InChI is InChI=1S/C9H11F5NO/c1-15(7(16)9(12,13)14)6-2-4-8(10,11)5-3-6/h6H,1-5H2/q-1. The van der Waals surface area contributed by atoms with Gasteiger partial charge in [0, 0.05) is 18.9 Å². The van der Waals surface area contributed by atoms with Crippen LogP contribution in [0.25, 0.3) is 0 Å². The number of rotatable bonds is 1. The Labute approximate surface area is 89.4 Å². The van der Waals surface area contributed by atoms with Gasteiger partial charge < -0.3 is 4.90 Å². The van der Waals surface area contributed by atoms with Crippen LogP contribution in [-0.2, 0) is 4.79 Å². The van der Waals surface area contributed by atoms with Gasteiger partial charge in [-0.1, -0.05) is 0 Å². The molecule has 94 valence electrons. The highest BCUT2D eigenvalue weighted by Crippen LogP contribution is 2.35. The maximum absolute atomic E-state index is 12.7. The van der Waals surface area contributed by atoms with Crippen molar-refractivity contribution in [1.29, 1.82) is 0 Å². The Balaban J connectivity index is 2.57. The van der Waals surface area contributed by atoms with Crippen LogP contribution in [0.3, 0.4) is 0 Å². The van der Waals surface area contributed by atoms with Gasteiger partial charge in [-0.2, -0.15) is 13.2 Å². The van der Waals surface area contributed by atoms with E-state index in [1.54, 1.807) is 0 Å². The fourth-order valence-electron chi connectivity index (χ4n) is 1.67. The molecule has 0 aromatic rings. The summed E-state index contributed by atoms with van der Waals surface area (Å²) in [5, 5.41) is 0. The van der Waals surface area contributed by atoms with Gasteiger partial charge in [0.2, 0.25) is 5.92 Å². The van der Waals surface area contributed by atoms with Gasteiger partial charge in [-0.05, 0) is 12.8 Å². The van der Waals surface area contributed by atoms with Crippen LogP contribution in [0.2, 0.25) is 0 Å². The first-order valence-corrected chi connectivity index (χ1v) is 4.72. The summed E-state index contributed by atoms with van der Waals surface area (Å²) in [5.74, 6) is -4.92. The summed E-state index contributed by atoms with van der Waals surface area (Å²) in [6.07, 6.45) is -6.32. The van der Waals surface area contributed by atoms with Crippen molar-refractivity contribution in [2.24, 2.45) is 0 Å². The maximum Gasteiger partial charge on any atom is 0.468 e. The van der Waals surface area contributed by atoms with Gasteiger partial charge in [-0.15, -0.1) is 0 Å². The van der Waals surface area contributed by atoms with Crippen LogP contribution in [0.5, 0.6) is 0 Å². The average Bonchev–Trinajstić information content (AvgIpc) is 2.14. The first kappa shape index (κ1) is 13.2. The van der Waals surface area contributed by atoms with E-state index in [0.29, 0.717) is 0 Å². The third-order valence-electron chi connectivity index (χ3n) is 2.63. The molecule has 0 radical (unpaired) electrons. The summed E-state index contributed by atoms with van der Waals surface area (Å²) >= 11 is 0. The van der Waals surface area contributed by atoms with E-state index in [9.17, 15) is 26.7 Å². The molecule has 0 unspecified atom stereocenters. The highest BCUT2D eigenvalue weighted by molar-refractivity contribution is 5.82. The molecular formula is C9H11F5NO-. The molecule has 0 aliphatic heterocycles. The van der Waals surface area contributed by atoms with E-state index in [1.165, 1.54) is 0 Å². The lowest BCUT2D eigenvalue weighted by Crippen LogP contribution is -2.45. The Hall–Kier alpha value is -0.880. The number of hydrogen-bond acceptors (Lipinski definition) is 1. The zero-order chi connectivity index (χ0) is 12.6. The fourth-order valence-corrected chi connectivity index (χ4v) is 1.67. The Kier molecular flexibility index (Phi) is 3.44. The minimum atomic E-state index is -5.00. The molecule has 1 fully saturated rings. The zero-order valence-electron chi connectivity index (χ0n) is 8.36. The molecule has 16 heavy (non-hydrogen) atoms. The first-order chi connectivity index (χ1) is 7.13. The van der Waals surface area contributed by atoms with Crippen molar-refractivity contribution >= 4 is 5.91 Å². The molecular weight excluding hydrogens is 233 g/mol. The Bertz CT molecular complexity index is 266. The third-order valence-corrected chi connectivity index (χ3v) is 2.63. The average molecular weight is 244 g/mol. The molecule has 0 bridgehead atoms. The van der Waals surface area contributed by atoms with Gasteiger partial charge >= 0.3 is 6.18 Å². The number of halogens is 5. The number of nitrogens with zero attached hydrogens (tertiary/aromatic N) is 1. The monoisotopic (exact) mass is 244 g/mol. The molecule has 1 rings (SSSR count). The topological polar surface area (TPSA) is 20.3 Å². The van der Waals surface area contributed by atoms with Crippen molar-refractivity contribution < 1.29 is 26.7 Å². The quantitative estimate of drug-likeness (QED) is 0.513. The molecule has 0 N–H and O–H groups in total. The van der Waals surface area contributed by atoms with E-state index in [-0.39, 0.29) is 17.7 Å². The lowest BCUT2D eigenvalue weighted by molar-refractivity contribution is -0.186. The molecule has 1 saturated carbocycles. The number of carbonyl (C=O) groups excluding carboxylic acids is 1. The number of hydrogen-bond donors (Lipinski definition) is 0. The van der Waals surface area contributed by atoms with E-state index >= 15 is 0 Å². The predicted octanol–water partition coefficient (Wildman–Crippen LogP) is 2.75. The van der Waals surface area contributed by atoms with E-state index in [1.807, 2.05) is 0 Å². The van der Waals surface area contributed by atoms with Gasteiger partial charge in [0.1, 0.15) is 0 Å². The van der Waals surface area contributed by atoms with Crippen molar-refractivity contribution in [3.8, 4) is 0 Å². The highest BCUT2D eigenvalue weighted by atomic mass is 19.4. The van der Waals surface area contributed by atoms with Gasteiger partial charge in [-0.25, -0.2) is 8.78 Å². The molecule has 1 amide bonds. The largest absolute Gasteiger partial charge is 0.485 e. The summed E-state index contributed by atoms with van der Waals surface area (Å²) in [4.78, 5) is 11.0. The number of amides is 1. The van der Waals surface area contributed by atoms with Crippen molar-refractivity contribution in [1.82, 2.24) is 4.90 Å². The van der Waals surface area contributed by atoms with Crippen LogP contribution in [0, 0.1) is 7.05 Å². The van der Waals surface area contributed by atoms with Crippen LogP contribution in [0.4, 0.5) is 22.0 Å². The molecule has 1 aliphatic rings. The molecule has 0 spiro atoms. The summed E-state index contributed by atoms with van der Waals surface area (Å²) in [5.41, 5.74) is 0. The van der Waals surface area contributed by atoms with E-state index in [0.717, 1.165) is 0 Å². The molecule has 0 aromatic heterocycles. The normalized spacial score (nSPS) is 21.9. The number of alkyl halides is 5. The van der Waals surface area contributed by atoms with Crippen LogP contribution < -0.4 is 0 Å². The van der Waals surface area contributed by atoms with Gasteiger partial charge in [0.15, 0.2) is 0 Å². The van der Waals surface area contributed by atoms with Crippen molar-refractivity contribution in [2.75, 3.05) is 0 Å². The van der Waals surface area contributed by atoms with Crippen molar-refractivity contribution in [3.63, 3.8) is 0 Å². The first-order valence-electron chi connectivity index (χ1n) is 4.72. The number of carbonyl (C=O) groups is 1. The third kappa shape index (κ3) is 3.05. The molecule has 0 aromatic carbocycles. The summed E-state index contributed by atoms with van der Waals surface area (Å²) in [7, 11) is 2.99. The molecule has 7 heteroatoms. The smallest absolute Gasteiger partial charge is 0.468 e. The van der Waals surface area contributed by atoms with Gasteiger partial charge in [0.05, 0.1) is 0 Å². The molecule has 0 saturated heterocycles. The van der Waals surface area contributed by atoms with E-state index < -0.39 is 36.9 Å². The van der Waals surface area contributed by atoms with E-state index in [2.05, 4.69) is 7.05 Å². The fraction of sp³-hybridized carbons (Fsp3) is 0.778. The molecule has 0 heterocycles. The second-order valence-electron chi connectivity index (χ2n) is 3.86. The SMILES string of the molecule is [CH2-]N(C(=O)C(F)(F)F)C1CCC(F)(F)CC1. The summed E-state index contributed by atoms with van der Waals surface area (Å²) in [6, 6.07) is -0.853. The van der Waals surface area contributed by atoms with Crippen LogP contribution in [0.1, 0.15) is 25.7 Å². The minimum Gasteiger partial charge on any atom is -0.485 e. The minimum absolute atomic E-state index is 0.154. The Morgan fingerprint density at radius 2 is 1.69 bits per heavy atom. The highest BCUT2D eigenvalue weighted by Gasteiger charge is 2.42. The summed E-state index contributed by atoms with van der Waals surface area (Å²) in [6.45, 7) is 0. The van der Waals surface area contributed by atoms with Gasteiger partial charge in [0.25, 0.3) is 5.91 Å². The van der Waals surface area contributed by atoms with Crippen LogP contribution in [-0.4, -0.2) is 28.9 Å². The molecule has 0 atom stereocenters. The van der Waals surface area contributed by atoms with Gasteiger partial charge in [-0.3, -0.25) is 11.8 Å².